The third-order valence-corrected chi connectivity index (χ3v) is 12.6. The number of hydrogen-bond donors (Lipinski definition) is 0. The minimum Gasteiger partial charge on any atom is -0.456 e. The molecule has 5 heteroatoms. The Morgan fingerprint density at radius 3 is 1.48 bits per heavy atom. The highest BCUT2D eigenvalue weighted by Gasteiger charge is 2.22. The molecule has 0 aliphatic carbocycles. The standard InChI is InChI=1S/C58H36N4O/c1-4-16-37(17-5-1)50-36-51(38-18-6-2-7-19-38)60-58(59-50)62-53-26-14-11-23-43(53)48-34-45(46(35-55(48)62)40-29-31-57-49(33-40)44-24-12-15-27-56(44)63-57)39-28-30-54-47(32-39)42-22-10-13-25-52(42)61(54)41-20-8-3-9-21-41/h1-36H. The Kier molecular flexibility index (Phi) is 7.84. The Labute approximate surface area is 362 Å². The molecular weight excluding hydrogens is 769 g/mol. The van der Waals surface area contributed by atoms with Crippen LogP contribution in [0.15, 0.2) is 223 Å². The van der Waals surface area contributed by atoms with Crippen molar-refractivity contribution in [3.8, 4) is 56.4 Å². The Morgan fingerprint density at radius 2 is 0.794 bits per heavy atom. The molecule has 5 nitrogen and oxygen atoms in total. The van der Waals surface area contributed by atoms with E-state index in [4.69, 9.17) is 14.4 Å². The van der Waals surface area contributed by atoms with Crippen molar-refractivity contribution in [3.63, 3.8) is 0 Å². The van der Waals surface area contributed by atoms with Crippen LogP contribution in [0.1, 0.15) is 0 Å². The Morgan fingerprint density at radius 1 is 0.302 bits per heavy atom. The van der Waals surface area contributed by atoms with Crippen molar-refractivity contribution >= 4 is 65.6 Å². The zero-order valence-electron chi connectivity index (χ0n) is 34.0. The second-order valence-corrected chi connectivity index (χ2v) is 16.2. The first-order valence-corrected chi connectivity index (χ1v) is 21.3. The molecule has 13 aromatic rings. The van der Waals surface area contributed by atoms with Crippen LogP contribution in [-0.4, -0.2) is 19.1 Å². The van der Waals surface area contributed by atoms with Gasteiger partial charge in [-0.3, -0.25) is 4.57 Å². The molecule has 4 heterocycles. The fraction of sp³-hybridized carbons (Fsp3) is 0. The van der Waals surface area contributed by atoms with E-state index in [1.165, 1.54) is 21.8 Å². The molecule has 13 rings (SSSR count). The third-order valence-electron chi connectivity index (χ3n) is 12.6. The number of benzene rings is 9. The van der Waals surface area contributed by atoms with E-state index in [2.05, 4.69) is 203 Å². The molecule has 0 radical (unpaired) electrons. The zero-order valence-corrected chi connectivity index (χ0v) is 34.0. The first kappa shape index (κ1) is 35.2. The largest absolute Gasteiger partial charge is 0.456 e. The van der Waals surface area contributed by atoms with Crippen LogP contribution in [0.4, 0.5) is 0 Å². The highest BCUT2D eigenvalue weighted by Crippen LogP contribution is 2.44. The highest BCUT2D eigenvalue weighted by atomic mass is 16.3. The van der Waals surface area contributed by atoms with Crippen LogP contribution in [0, 0.1) is 0 Å². The van der Waals surface area contributed by atoms with Gasteiger partial charge in [-0.15, -0.1) is 0 Å². The predicted molar refractivity (Wildman–Crippen MR) is 260 cm³/mol. The molecule has 0 spiro atoms. The average Bonchev–Trinajstić information content (AvgIpc) is 4.01. The smallest absolute Gasteiger partial charge is 0.235 e. The molecule has 63 heavy (non-hydrogen) atoms. The number of fused-ring (bicyclic) bond motifs is 9. The third kappa shape index (κ3) is 5.64. The summed E-state index contributed by atoms with van der Waals surface area (Å²) in [6, 6.07) is 77.4. The van der Waals surface area contributed by atoms with Gasteiger partial charge in [-0.25, -0.2) is 9.97 Å². The monoisotopic (exact) mass is 804 g/mol. The number of hydrogen-bond acceptors (Lipinski definition) is 3. The van der Waals surface area contributed by atoms with Crippen LogP contribution in [0.5, 0.6) is 0 Å². The second kappa shape index (κ2) is 14.0. The molecule has 0 aliphatic heterocycles. The number of furan rings is 1. The molecule has 0 N–H and O–H groups in total. The van der Waals surface area contributed by atoms with Gasteiger partial charge in [0.2, 0.25) is 5.95 Å². The normalized spacial score (nSPS) is 11.8. The lowest BCUT2D eigenvalue weighted by Gasteiger charge is -2.15. The molecule has 0 fully saturated rings. The molecule has 0 saturated carbocycles. The van der Waals surface area contributed by atoms with Crippen LogP contribution in [0.3, 0.4) is 0 Å². The van der Waals surface area contributed by atoms with Crippen molar-refractivity contribution in [3.05, 3.63) is 218 Å². The average molecular weight is 805 g/mol. The zero-order chi connectivity index (χ0) is 41.4. The van der Waals surface area contributed by atoms with Gasteiger partial charge in [0.15, 0.2) is 0 Å². The number of para-hydroxylation sites is 4. The van der Waals surface area contributed by atoms with E-state index in [-0.39, 0.29) is 0 Å². The maximum Gasteiger partial charge on any atom is 0.235 e. The van der Waals surface area contributed by atoms with Crippen LogP contribution in [-0.2, 0) is 0 Å². The summed E-state index contributed by atoms with van der Waals surface area (Å²) in [6.45, 7) is 0. The minimum absolute atomic E-state index is 0.617. The summed E-state index contributed by atoms with van der Waals surface area (Å²) in [5, 5.41) is 6.86. The topological polar surface area (TPSA) is 48.8 Å². The number of aromatic nitrogens is 4. The van der Waals surface area contributed by atoms with Crippen LogP contribution in [0.2, 0.25) is 0 Å². The lowest BCUT2D eigenvalue weighted by molar-refractivity contribution is 0.669. The molecule has 294 valence electrons. The second-order valence-electron chi connectivity index (χ2n) is 16.2. The van der Waals surface area contributed by atoms with Crippen LogP contribution < -0.4 is 0 Å². The van der Waals surface area contributed by atoms with Crippen LogP contribution in [0.25, 0.3) is 122 Å². The van der Waals surface area contributed by atoms with E-state index < -0.39 is 0 Å². The predicted octanol–water partition coefficient (Wildman–Crippen LogP) is 15.2. The van der Waals surface area contributed by atoms with Gasteiger partial charge in [0.1, 0.15) is 11.2 Å². The van der Waals surface area contributed by atoms with E-state index in [1.54, 1.807) is 0 Å². The van der Waals surface area contributed by atoms with Crippen molar-refractivity contribution in [2.45, 2.75) is 0 Å². The highest BCUT2D eigenvalue weighted by molar-refractivity contribution is 6.15. The molecule has 0 atom stereocenters. The summed E-state index contributed by atoms with van der Waals surface area (Å²) >= 11 is 0. The van der Waals surface area contributed by atoms with E-state index >= 15 is 0 Å². The summed E-state index contributed by atoms with van der Waals surface area (Å²) in [6.07, 6.45) is 0. The first-order chi connectivity index (χ1) is 31.2. The summed E-state index contributed by atoms with van der Waals surface area (Å²) < 4.78 is 11.0. The van der Waals surface area contributed by atoms with E-state index in [1.807, 2.05) is 24.3 Å². The molecule has 0 aliphatic rings. The number of rotatable bonds is 6. The fourth-order valence-electron chi connectivity index (χ4n) is 9.65. The van der Waals surface area contributed by atoms with Crippen LogP contribution >= 0.6 is 0 Å². The quantitative estimate of drug-likeness (QED) is 0.168. The summed E-state index contributed by atoms with van der Waals surface area (Å²) in [5.74, 6) is 0.617. The van der Waals surface area contributed by atoms with Gasteiger partial charge in [-0.05, 0) is 95.1 Å². The maximum atomic E-state index is 6.35. The Bertz CT molecular complexity index is 3840. The Hall–Kier alpha value is -8.54. The lowest BCUT2D eigenvalue weighted by atomic mass is 9.91. The molecule has 9 aromatic carbocycles. The molecular formula is C58H36N4O. The van der Waals surface area contributed by atoms with Crippen molar-refractivity contribution in [1.29, 1.82) is 0 Å². The maximum absolute atomic E-state index is 6.35. The first-order valence-electron chi connectivity index (χ1n) is 21.3. The van der Waals surface area contributed by atoms with Gasteiger partial charge in [0, 0.05) is 49.1 Å². The molecule has 4 aromatic heterocycles. The van der Waals surface area contributed by atoms with Gasteiger partial charge >= 0.3 is 0 Å². The van der Waals surface area contributed by atoms with Gasteiger partial charge in [0.25, 0.3) is 0 Å². The van der Waals surface area contributed by atoms with Gasteiger partial charge in [-0.2, -0.15) is 0 Å². The molecule has 0 amide bonds. The molecule has 0 unspecified atom stereocenters. The number of nitrogens with zero attached hydrogens (tertiary/aromatic N) is 4. The Balaban J connectivity index is 1.11. The van der Waals surface area contributed by atoms with Gasteiger partial charge in [-0.1, -0.05) is 146 Å². The lowest BCUT2D eigenvalue weighted by Crippen LogP contribution is -2.04. The van der Waals surface area contributed by atoms with E-state index in [9.17, 15) is 0 Å². The fourth-order valence-corrected chi connectivity index (χ4v) is 9.65. The summed E-state index contributed by atoms with van der Waals surface area (Å²) in [7, 11) is 0. The summed E-state index contributed by atoms with van der Waals surface area (Å²) in [4.78, 5) is 10.7. The van der Waals surface area contributed by atoms with Crippen molar-refractivity contribution in [2.24, 2.45) is 0 Å². The molecule has 0 bridgehead atoms. The summed E-state index contributed by atoms with van der Waals surface area (Å²) in [5.41, 5.74) is 15.6. The van der Waals surface area contributed by atoms with E-state index in [0.29, 0.717) is 5.95 Å². The van der Waals surface area contributed by atoms with Crippen molar-refractivity contribution in [2.75, 3.05) is 0 Å². The molecule has 0 saturated heterocycles. The minimum atomic E-state index is 0.617. The SMILES string of the molecule is c1ccc(-c2cc(-c3ccccc3)nc(-n3c4ccccc4c4cc(-c5ccc6c(c5)c5ccccc5n6-c5ccccc5)c(-c5ccc6oc7ccccc7c6c5)cc43)n2)cc1. The van der Waals surface area contributed by atoms with Crippen molar-refractivity contribution < 1.29 is 4.42 Å². The van der Waals surface area contributed by atoms with Gasteiger partial charge in [0.05, 0.1) is 33.5 Å². The van der Waals surface area contributed by atoms with Gasteiger partial charge < -0.3 is 8.98 Å². The van der Waals surface area contributed by atoms with Crippen molar-refractivity contribution in [1.82, 2.24) is 19.1 Å². The van der Waals surface area contributed by atoms with E-state index in [0.717, 1.165) is 94.2 Å².